The highest BCUT2D eigenvalue weighted by atomic mass is 32.2. The van der Waals surface area contributed by atoms with E-state index < -0.39 is 40.0 Å². The fourth-order valence-corrected chi connectivity index (χ4v) is 4.66. The Morgan fingerprint density at radius 1 is 1.00 bits per heavy atom. The number of anilines is 1. The molecule has 0 radical (unpaired) electrons. The molecule has 35 heavy (non-hydrogen) atoms. The van der Waals surface area contributed by atoms with Crippen molar-refractivity contribution >= 4 is 21.6 Å². The lowest BCUT2D eigenvalue weighted by molar-refractivity contribution is -0.140. The number of sulfonamides is 1. The molecule has 0 fully saturated rings. The monoisotopic (exact) mass is 510 g/mol. The molecule has 0 spiro atoms. The summed E-state index contributed by atoms with van der Waals surface area (Å²) in [5, 5.41) is 2.22. The Hall–Kier alpha value is -3.44. The number of rotatable bonds is 9. The average molecular weight is 511 g/mol. The minimum absolute atomic E-state index is 0.0665. The molecular formula is C24H22F4N2O4S. The van der Waals surface area contributed by atoms with E-state index >= 15 is 0 Å². The summed E-state index contributed by atoms with van der Waals surface area (Å²) in [7, 11) is -2.71. The van der Waals surface area contributed by atoms with Gasteiger partial charge in [0.15, 0.2) is 0 Å². The Morgan fingerprint density at radius 2 is 1.66 bits per heavy atom. The number of benzene rings is 3. The van der Waals surface area contributed by atoms with Crippen molar-refractivity contribution in [3.8, 4) is 5.75 Å². The number of halogens is 4. The summed E-state index contributed by atoms with van der Waals surface area (Å²) in [6.45, 7) is -0.733. The maximum Gasteiger partial charge on any atom is 0.419 e. The van der Waals surface area contributed by atoms with E-state index in [1.807, 2.05) is 0 Å². The number of hydrogen-bond acceptors (Lipinski definition) is 4. The smallest absolute Gasteiger partial charge is 0.419 e. The molecule has 0 saturated carbocycles. The fourth-order valence-electron chi connectivity index (χ4n) is 3.26. The molecule has 3 aromatic rings. The van der Waals surface area contributed by atoms with Crippen molar-refractivity contribution in [2.45, 2.75) is 17.5 Å². The lowest BCUT2D eigenvalue weighted by atomic mass is 10.1. The van der Waals surface area contributed by atoms with Crippen LogP contribution in [-0.2, 0) is 27.4 Å². The van der Waals surface area contributed by atoms with E-state index in [4.69, 9.17) is 4.74 Å². The van der Waals surface area contributed by atoms with E-state index in [0.717, 1.165) is 15.9 Å². The summed E-state index contributed by atoms with van der Waals surface area (Å²) in [6, 6.07) is 16.6. The summed E-state index contributed by atoms with van der Waals surface area (Å²) in [4.78, 5) is 12.6. The van der Waals surface area contributed by atoms with Crippen molar-refractivity contribution < 1.29 is 35.5 Å². The molecule has 186 valence electrons. The van der Waals surface area contributed by atoms with Crippen LogP contribution in [0.2, 0.25) is 0 Å². The lowest BCUT2D eigenvalue weighted by Crippen LogP contribution is -2.39. The molecule has 0 unspecified atom stereocenters. The van der Waals surface area contributed by atoms with Crippen molar-refractivity contribution in [1.29, 1.82) is 0 Å². The highest BCUT2D eigenvalue weighted by molar-refractivity contribution is 7.89. The van der Waals surface area contributed by atoms with Gasteiger partial charge in [-0.1, -0.05) is 30.3 Å². The van der Waals surface area contributed by atoms with Gasteiger partial charge in [0.05, 0.1) is 24.1 Å². The van der Waals surface area contributed by atoms with Crippen molar-refractivity contribution in [1.82, 2.24) is 4.31 Å². The van der Waals surface area contributed by atoms with Crippen LogP contribution in [0.4, 0.5) is 23.2 Å². The van der Waals surface area contributed by atoms with Crippen LogP contribution in [0.3, 0.4) is 0 Å². The van der Waals surface area contributed by atoms with Crippen molar-refractivity contribution in [2.75, 3.05) is 25.5 Å². The molecule has 0 aliphatic carbocycles. The normalized spacial score (nSPS) is 11.9. The number of alkyl halides is 3. The number of amides is 1. The number of carbonyl (C=O) groups is 1. The predicted molar refractivity (Wildman–Crippen MR) is 122 cm³/mol. The first-order valence-corrected chi connectivity index (χ1v) is 11.8. The predicted octanol–water partition coefficient (Wildman–Crippen LogP) is 4.73. The number of nitrogens with zero attached hydrogens (tertiary/aromatic N) is 1. The van der Waals surface area contributed by atoms with Gasteiger partial charge >= 0.3 is 6.18 Å². The van der Waals surface area contributed by atoms with Crippen molar-refractivity contribution in [3.05, 3.63) is 89.7 Å². The first-order valence-electron chi connectivity index (χ1n) is 10.4. The summed E-state index contributed by atoms with van der Waals surface area (Å²) in [5.74, 6) is -1.92. The van der Waals surface area contributed by atoms with Gasteiger partial charge in [-0.25, -0.2) is 12.8 Å². The van der Waals surface area contributed by atoms with Crippen LogP contribution >= 0.6 is 0 Å². The zero-order chi connectivity index (χ0) is 25.6. The Bertz CT molecular complexity index is 1260. The molecule has 0 bridgehead atoms. The lowest BCUT2D eigenvalue weighted by Gasteiger charge is -2.22. The van der Waals surface area contributed by atoms with Crippen molar-refractivity contribution in [3.63, 3.8) is 0 Å². The van der Waals surface area contributed by atoms with E-state index in [9.17, 15) is 30.8 Å². The minimum atomic E-state index is -4.95. The molecule has 3 aromatic carbocycles. The summed E-state index contributed by atoms with van der Waals surface area (Å²) in [5.41, 5.74) is -1.02. The Labute approximate surface area is 200 Å². The topological polar surface area (TPSA) is 75.7 Å². The van der Waals surface area contributed by atoms with Crippen LogP contribution in [0.1, 0.15) is 11.1 Å². The maximum absolute atomic E-state index is 13.5. The van der Waals surface area contributed by atoms with Crippen LogP contribution in [-0.4, -0.2) is 38.8 Å². The first kappa shape index (κ1) is 26.2. The highest BCUT2D eigenvalue weighted by Crippen LogP contribution is 2.33. The van der Waals surface area contributed by atoms with Gasteiger partial charge in [0.25, 0.3) is 0 Å². The van der Waals surface area contributed by atoms with Gasteiger partial charge < -0.3 is 10.1 Å². The van der Waals surface area contributed by atoms with Crippen LogP contribution < -0.4 is 10.1 Å². The van der Waals surface area contributed by atoms with Crippen LogP contribution in [0.25, 0.3) is 0 Å². The molecule has 0 saturated heterocycles. The molecule has 0 heterocycles. The molecule has 0 aliphatic heterocycles. The van der Waals surface area contributed by atoms with Gasteiger partial charge in [0, 0.05) is 12.2 Å². The van der Waals surface area contributed by atoms with E-state index in [1.54, 1.807) is 30.3 Å². The molecule has 0 atom stereocenters. The SMILES string of the molecule is COc1ccc(S(=O)(=O)N(CCc2ccccc2)CC(=O)Nc2ccc(F)c(C(F)(F)F)c2)cc1. The molecular weight excluding hydrogens is 488 g/mol. The third kappa shape index (κ3) is 6.80. The number of ether oxygens (including phenoxy) is 1. The zero-order valence-corrected chi connectivity index (χ0v) is 19.4. The molecule has 0 aromatic heterocycles. The van der Waals surface area contributed by atoms with E-state index in [1.165, 1.54) is 31.4 Å². The van der Waals surface area contributed by atoms with Gasteiger partial charge in [-0.3, -0.25) is 4.79 Å². The van der Waals surface area contributed by atoms with E-state index in [-0.39, 0.29) is 23.5 Å². The number of methoxy groups -OCH3 is 1. The third-order valence-electron chi connectivity index (χ3n) is 5.07. The van der Waals surface area contributed by atoms with Gasteiger partial charge in [-0.2, -0.15) is 17.5 Å². The van der Waals surface area contributed by atoms with Crippen LogP contribution in [0.15, 0.2) is 77.7 Å². The quantitative estimate of drug-likeness (QED) is 0.423. The number of nitrogens with one attached hydrogen (secondary N) is 1. The molecule has 6 nitrogen and oxygen atoms in total. The summed E-state index contributed by atoms with van der Waals surface area (Å²) < 4.78 is 85.0. The molecule has 1 amide bonds. The van der Waals surface area contributed by atoms with Crippen LogP contribution in [0, 0.1) is 5.82 Å². The van der Waals surface area contributed by atoms with E-state index in [2.05, 4.69) is 5.32 Å². The Kier molecular flexibility index (Phi) is 8.13. The Balaban J connectivity index is 1.83. The largest absolute Gasteiger partial charge is 0.497 e. The second-order valence-electron chi connectivity index (χ2n) is 7.49. The highest BCUT2D eigenvalue weighted by Gasteiger charge is 2.34. The van der Waals surface area contributed by atoms with Gasteiger partial charge in [0.2, 0.25) is 15.9 Å². The number of hydrogen-bond donors (Lipinski definition) is 1. The standard InChI is InChI=1S/C24H22F4N2O4S/c1-34-19-8-10-20(11-9-19)35(32,33)30(14-13-17-5-3-2-4-6-17)16-23(31)29-18-7-12-22(25)21(15-18)24(26,27)28/h2-12,15H,13-14,16H2,1H3,(H,29,31). The van der Waals surface area contributed by atoms with Crippen molar-refractivity contribution in [2.24, 2.45) is 0 Å². The number of carbonyl (C=O) groups excluding carboxylic acids is 1. The van der Waals surface area contributed by atoms with Gasteiger partial charge in [0.1, 0.15) is 11.6 Å². The second-order valence-corrected chi connectivity index (χ2v) is 9.43. The average Bonchev–Trinajstić information content (AvgIpc) is 2.82. The van der Waals surface area contributed by atoms with E-state index in [0.29, 0.717) is 17.9 Å². The third-order valence-corrected chi connectivity index (χ3v) is 6.92. The fraction of sp³-hybridized carbons (Fsp3) is 0.208. The second kappa shape index (κ2) is 10.9. The molecule has 3 rings (SSSR count). The molecule has 11 heteroatoms. The Morgan fingerprint density at radius 3 is 2.26 bits per heavy atom. The molecule has 0 aliphatic rings. The summed E-state index contributed by atoms with van der Waals surface area (Å²) >= 11 is 0. The maximum atomic E-state index is 13.5. The van der Waals surface area contributed by atoms with Gasteiger partial charge in [-0.05, 0) is 54.4 Å². The summed E-state index contributed by atoms with van der Waals surface area (Å²) in [6.07, 6.45) is -4.66. The molecule has 1 N–H and O–H groups in total. The van der Waals surface area contributed by atoms with Crippen LogP contribution in [0.5, 0.6) is 5.75 Å². The first-order chi connectivity index (χ1) is 16.5. The minimum Gasteiger partial charge on any atom is -0.497 e. The van der Waals surface area contributed by atoms with Gasteiger partial charge in [-0.15, -0.1) is 0 Å². The zero-order valence-electron chi connectivity index (χ0n) is 18.5.